The van der Waals surface area contributed by atoms with Crippen LogP contribution in [0.2, 0.25) is 0 Å². The summed E-state index contributed by atoms with van der Waals surface area (Å²) in [5.41, 5.74) is 0. The molecule has 1 unspecified atom stereocenters. The van der Waals surface area contributed by atoms with Gasteiger partial charge < -0.3 is 0 Å². The van der Waals surface area contributed by atoms with Crippen molar-refractivity contribution in [3.63, 3.8) is 0 Å². The molecule has 0 spiro atoms. The van der Waals surface area contributed by atoms with Crippen LogP contribution in [0.5, 0.6) is 0 Å². The fourth-order valence-electron chi connectivity index (χ4n) is 0.623. The zero-order valence-electron chi connectivity index (χ0n) is 4.60. The lowest BCUT2D eigenvalue weighted by atomic mass is 10.4. The second kappa shape index (κ2) is 3.91. The lowest BCUT2D eigenvalue weighted by Crippen LogP contribution is -2.10. The number of rotatable bonds is 1. The van der Waals surface area contributed by atoms with Crippen molar-refractivity contribution in [2.75, 3.05) is 16.7 Å². The minimum absolute atomic E-state index is 0.748. The van der Waals surface area contributed by atoms with E-state index in [1.807, 2.05) is 23.5 Å². The Balaban J connectivity index is 2.13. The number of hydrogen-bond acceptors (Lipinski definition) is 2. The summed E-state index contributed by atoms with van der Waals surface area (Å²) in [6.45, 7) is 0. The van der Waals surface area contributed by atoms with Crippen LogP contribution in [0.3, 0.4) is 0 Å². The van der Waals surface area contributed by atoms with Gasteiger partial charge in [0.2, 0.25) is 0 Å². The van der Waals surface area contributed by atoms with Gasteiger partial charge in [0.05, 0.1) is 0 Å². The van der Waals surface area contributed by atoms with Gasteiger partial charge in [-0.1, -0.05) is 0 Å². The molecule has 0 amide bonds. The zero-order chi connectivity index (χ0) is 5.82. The van der Waals surface area contributed by atoms with Gasteiger partial charge in [-0.05, 0) is 12.2 Å². The molecule has 0 aromatic carbocycles. The first-order valence-corrected chi connectivity index (χ1v) is 5.42. The molecular weight excluding hydrogens is 160 g/mol. The van der Waals surface area contributed by atoms with Crippen LogP contribution < -0.4 is 0 Å². The summed E-state index contributed by atoms with van der Waals surface area (Å²) in [6.07, 6.45) is 1.30. The molecular formula is C5H9ClS2. The first-order chi connectivity index (χ1) is 3.93. The van der Waals surface area contributed by atoms with Crippen LogP contribution in [-0.2, 0) is 0 Å². The lowest BCUT2D eigenvalue weighted by Gasteiger charge is -2.17. The van der Waals surface area contributed by atoms with Gasteiger partial charge in [0.15, 0.2) is 0 Å². The van der Waals surface area contributed by atoms with Crippen molar-refractivity contribution in [3.8, 4) is 0 Å². The molecule has 48 valence electrons. The third-order valence-corrected chi connectivity index (χ3v) is 4.31. The van der Waals surface area contributed by atoms with Crippen LogP contribution in [-0.4, -0.2) is 22.0 Å². The molecule has 1 aliphatic heterocycles. The van der Waals surface area contributed by atoms with Crippen LogP contribution in [0, 0.1) is 0 Å². The van der Waals surface area contributed by atoms with E-state index in [1.165, 1.54) is 17.3 Å². The molecule has 1 atom stereocenters. The maximum atomic E-state index is 5.65. The van der Waals surface area contributed by atoms with Crippen molar-refractivity contribution in [2.24, 2.45) is 0 Å². The third kappa shape index (κ3) is 2.08. The first-order valence-electron chi connectivity index (χ1n) is 2.69. The van der Waals surface area contributed by atoms with E-state index in [0.29, 0.717) is 0 Å². The summed E-state index contributed by atoms with van der Waals surface area (Å²) >= 11 is 9.66. The molecule has 8 heavy (non-hydrogen) atoms. The first kappa shape index (κ1) is 7.10. The summed E-state index contributed by atoms with van der Waals surface area (Å²) in [4.78, 5) is 0. The predicted octanol–water partition coefficient (Wildman–Crippen LogP) is 2.42. The molecule has 1 aliphatic rings. The highest BCUT2D eigenvalue weighted by molar-refractivity contribution is 8.16. The number of halogens is 1. The molecule has 1 saturated heterocycles. The molecule has 0 nitrogen and oxygen atoms in total. The number of hydrogen-bond donors (Lipinski definition) is 0. The standard InChI is InChI=1S/C5H9ClS2/c6-3-5-1-2-7-4-8-5/h5H,1-4H2. The van der Waals surface area contributed by atoms with E-state index in [9.17, 15) is 0 Å². The minimum atomic E-state index is 0.748. The van der Waals surface area contributed by atoms with Gasteiger partial charge in [-0.3, -0.25) is 0 Å². The molecule has 0 bridgehead atoms. The van der Waals surface area contributed by atoms with Gasteiger partial charge in [0.1, 0.15) is 0 Å². The zero-order valence-corrected chi connectivity index (χ0v) is 6.99. The fraction of sp³-hybridized carbons (Fsp3) is 1.00. The Bertz CT molecular complexity index is 61.4. The topological polar surface area (TPSA) is 0 Å². The van der Waals surface area contributed by atoms with E-state index in [1.54, 1.807) is 0 Å². The Morgan fingerprint density at radius 1 is 1.62 bits per heavy atom. The molecule has 1 rings (SSSR count). The van der Waals surface area contributed by atoms with E-state index >= 15 is 0 Å². The summed E-state index contributed by atoms with van der Waals surface area (Å²) < 4.78 is 0. The summed E-state index contributed by atoms with van der Waals surface area (Å²) in [5.74, 6) is 2.15. The maximum Gasteiger partial charge on any atom is 0.0395 e. The van der Waals surface area contributed by atoms with Crippen molar-refractivity contribution in [1.82, 2.24) is 0 Å². The van der Waals surface area contributed by atoms with E-state index in [4.69, 9.17) is 11.6 Å². The molecule has 3 heteroatoms. The maximum absolute atomic E-state index is 5.65. The van der Waals surface area contributed by atoms with Gasteiger partial charge in [-0.25, -0.2) is 0 Å². The Morgan fingerprint density at radius 3 is 2.88 bits per heavy atom. The van der Waals surface area contributed by atoms with Crippen molar-refractivity contribution < 1.29 is 0 Å². The molecule has 0 aliphatic carbocycles. The quantitative estimate of drug-likeness (QED) is 0.552. The predicted molar refractivity (Wildman–Crippen MR) is 44.0 cm³/mol. The molecule has 1 heterocycles. The fourth-order valence-corrected chi connectivity index (χ4v) is 3.64. The Labute approximate surface area is 63.7 Å². The van der Waals surface area contributed by atoms with Crippen LogP contribution in [0.4, 0.5) is 0 Å². The van der Waals surface area contributed by atoms with Gasteiger partial charge >= 0.3 is 0 Å². The smallest absolute Gasteiger partial charge is 0.0395 e. The number of thioether (sulfide) groups is 2. The monoisotopic (exact) mass is 168 g/mol. The van der Waals surface area contributed by atoms with Gasteiger partial charge in [-0.15, -0.1) is 23.4 Å². The van der Waals surface area contributed by atoms with Crippen LogP contribution in [0.1, 0.15) is 6.42 Å². The summed E-state index contributed by atoms with van der Waals surface area (Å²) in [5, 5.41) is 2.00. The largest absolute Gasteiger partial charge is 0.151 e. The summed E-state index contributed by atoms with van der Waals surface area (Å²) in [7, 11) is 0. The van der Waals surface area contributed by atoms with E-state index in [-0.39, 0.29) is 0 Å². The average molecular weight is 169 g/mol. The van der Waals surface area contributed by atoms with Crippen molar-refractivity contribution in [1.29, 1.82) is 0 Å². The second-order valence-electron chi connectivity index (χ2n) is 1.76. The normalized spacial score (nSPS) is 30.4. The minimum Gasteiger partial charge on any atom is -0.151 e. The van der Waals surface area contributed by atoms with E-state index < -0.39 is 0 Å². The van der Waals surface area contributed by atoms with E-state index in [0.717, 1.165) is 11.1 Å². The van der Waals surface area contributed by atoms with Crippen molar-refractivity contribution in [2.45, 2.75) is 11.7 Å². The molecule has 0 aromatic heterocycles. The van der Waals surface area contributed by atoms with Gasteiger partial charge in [-0.2, -0.15) is 11.8 Å². The average Bonchev–Trinajstić information content (AvgIpc) is 1.90. The molecule has 1 fully saturated rings. The van der Waals surface area contributed by atoms with Crippen LogP contribution in [0.15, 0.2) is 0 Å². The Kier molecular flexibility index (Phi) is 3.47. The highest BCUT2D eigenvalue weighted by Crippen LogP contribution is 2.28. The Hall–Kier alpha value is 0.990. The van der Waals surface area contributed by atoms with Crippen molar-refractivity contribution >= 4 is 35.1 Å². The SMILES string of the molecule is ClCC1CCSCS1. The third-order valence-electron chi connectivity index (χ3n) is 1.14. The highest BCUT2D eigenvalue weighted by atomic mass is 35.5. The van der Waals surface area contributed by atoms with Gasteiger partial charge in [0.25, 0.3) is 0 Å². The highest BCUT2D eigenvalue weighted by Gasteiger charge is 2.11. The molecule has 0 N–H and O–H groups in total. The van der Waals surface area contributed by atoms with E-state index in [2.05, 4.69) is 0 Å². The molecule has 0 aromatic rings. The van der Waals surface area contributed by atoms with Crippen LogP contribution in [0.25, 0.3) is 0 Å². The molecule has 0 saturated carbocycles. The second-order valence-corrected chi connectivity index (χ2v) is 4.83. The molecule has 0 radical (unpaired) electrons. The Morgan fingerprint density at radius 2 is 2.50 bits per heavy atom. The van der Waals surface area contributed by atoms with Gasteiger partial charge in [0, 0.05) is 16.2 Å². The van der Waals surface area contributed by atoms with Crippen LogP contribution >= 0.6 is 35.1 Å². The summed E-state index contributed by atoms with van der Waals surface area (Å²) in [6, 6.07) is 0. The lowest BCUT2D eigenvalue weighted by molar-refractivity contribution is 0.920. The number of alkyl halides is 1. The van der Waals surface area contributed by atoms with Crippen molar-refractivity contribution in [3.05, 3.63) is 0 Å².